The minimum Gasteiger partial charge on any atom is -0.388 e. The lowest BCUT2D eigenvalue weighted by Gasteiger charge is -2.10. The lowest BCUT2D eigenvalue weighted by Crippen LogP contribution is -1.97. The van der Waals surface area contributed by atoms with Gasteiger partial charge in [-0.1, -0.05) is 36.4 Å². The molecule has 0 unspecified atom stereocenters. The molecule has 1 aromatic heterocycles. The number of alkyl halides is 2. The predicted molar refractivity (Wildman–Crippen MR) is 81.7 cm³/mol. The third-order valence-electron chi connectivity index (χ3n) is 3.43. The highest BCUT2D eigenvalue weighted by Crippen LogP contribution is 2.31. The molecule has 0 saturated heterocycles. The number of nitrogens with zero attached hydrogens (tertiary/aromatic N) is 1. The summed E-state index contributed by atoms with van der Waals surface area (Å²) in [6.45, 7) is 0. The summed E-state index contributed by atoms with van der Waals surface area (Å²) in [5.41, 5.74) is 3.13. The molecule has 0 radical (unpaired) electrons. The first kappa shape index (κ1) is 13.5. The van der Waals surface area contributed by atoms with E-state index in [0.717, 1.165) is 16.5 Å². The van der Waals surface area contributed by atoms with Gasteiger partial charge < -0.3 is 5.32 Å². The molecule has 3 aromatic rings. The maximum absolute atomic E-state index is 12.9. The van der Waals surface area contributed by atoms with E-state index in [4.69, 9.17) is 0 Å². The second-order valence-electron chi connectivity index (χ2n) is 4.74. The number of halogens is 2. The van der Waals surface area contributed by atoms with E-state index in [9.17, 15) is 8.78 Å². The Morgan fingerprint density at radius 2 is 1.71 bits per heavy atom. The van der Waals surface area contributed by atoms with Gasteiger partial charge in [0, 0.05) is 18.1 Å². The van der Waals surface area contributed by atoms with Crippen LogP contribution in [0.15, 0.2) is 54.6 Å². The quantitative estimate of drug-likeness (QED) is 0.741. The number of nitrogens with one attached hydrogen (secondary N) is 1. The number of rotatable bonds is 3. The van der Waals surface area contributed by atoms with Gasteiger partial charge in [-0.2, -0.15) is 0 Å². The maximum Gasteiger partial charge on any atom is 0.280 e. The smallest absolute Gasteiger partial charge is 0.280 e. The summed E-state index contributed by atoms with van der Waals surface area (Å²) in [6, 6.07) is 17.0. The van der Waals surface area contributed by atoms with Gasteiger partial charge in [0.05, 0.1) is 5.52 Å². The van der Waals surface area contributed by atoms with Crippen molar-refractivity contribution in [1.29, 1.82) is 0 Å². The molecule has 1 N–H and O–H groups in total. The average Bonchev–Trinajstić information content (AvgIpc) is 2.54. The third-order valence-corrected chi connectivity index (χ3v) is 3.43. The Labute approximate surface area is 121 Å². The lowest BCUT2D eigenvalue weighted by molar-refractivity contribution is 0.146. The monoisotopic (exact) mass is 284 g/mol. The van der Waals surface area contributed by atoms with Crippen LogP contribution in [0, 0.1) is 0 Å². The number of pyridine rings is 1. The fourth-order valence-corrected chi connectivity index (χ4v) is 2.38. The molecule has 0 saturated carbocycles. The van der Waals surface area contributed by atoms with Crippen LogP contribution in [0.1, 0.15) is 12.1 Å². The third kappa shape index (κ3) is 2.57. The highest BCUT2D eigenvalue weighted by molar-refractivity contribution is 5.94. The van der Waals surface area contributed by atoms with Crippen molar-refractivity contribution in [3.63, 3.8) is 0 Å². The first-order valence-electron chi connectivity index (χ1n) is 6.65. The Kier molecular flexibility index (Phi) is 3.52. The van der Waals surface area contributed by atoms with Crippen molar-refractivity contribution in [2.45, 2.75) is 6.43 Å². The van der Waals surface area contributed by atoms with Gasteiger partial charge in [-0.05, 0) is 29.3 Å². The standard InChI is InChI=1S/C17H14F2N2/c1-20-15-10-16(17(18)19)21-14-8-7-12(9-13(14)15)11-5-3-2-4-6-11/h2-10,17H,1H3,(H,20,21). The number of fused-ring (bicyclic) bond motifs is 1. The van der Waals surface area contributed by atoms with Gasteiger partial charge in [0.15, 0.2) is 0 Å². The zero-order valence-corrected chi connectivity index (χ0v) is 11.5. The van der Waals surface area contributed by atoms with Crippen molar-refractivity contribution in [2.24, 2.45) is 0 Å². The van der Waals surface area contributed by atoms with E-state index in [1.807, 2.05) is 42.5 Å². The lowest BCUT2D eigenvalue weighted by atomic mass is 10.0. The molecule has 0 amide bonds. The van der Waals surface area contributed by atoms with Crippen molar-refractivity contribution in [1.82, 2.24) is 4.98 Å². The van der Waals surface area contributed by atoms with E-state index in [-0.39, 0.29) is 5.69 Å². The van der Waals surface area contributed by atoms with E-state index in [0.29, 0.717) is 11.2 Å². The van der Waals surface area contributed by atoms with Crippen molar-refractivity contribution < 1.29 is 8.78 Å². The molecule has 0 aliphatic carbocycles. The molecule has 0 spiro atoms. The Morgan fingerprint density at radius 3 is 2.38 bits per heavy atom. The molecule has 0 bridgehead atoms. The van der Waals surface area contributed by atoms with Gasteiger partial charge in [0.25, 0.3) is 6.43 Å². The van der Waals surface area contributed by atoms with Gasteiger partial charge in [0.2, 0.25) is 0 Å². The minimum absolute atomic E-state index is 0.209. The van der Waals surface area contributed by atoms with E-state index in [2.05, 4.69) is 10.3 Å². The molecule has 0 fully saturated rings. The van der Waals surface area contributed by atoms with Gasteiger partial charge in [0.1, 0.15) is 5.69 Å². The van der Waals surface area contributed by atoms with Crippen LogP contribution in [0.3, 0.4) is 0 Å². The highest BCUT2D eigenvalue weighted by atomic mass is 19.3. The molecular formula is C17H14F2N2. The van der Waals surface area contributed by atoms with Crippen molar-refractivity contribution in [3.05, 3.63) is 60.3 Å². The molecule has 4 heteroatoms. The van der Waals surface area contributed by atoms with E-state index < -0.39 is 6.43 Å². The van der Waals surface area contributed by atoms with Crippen molar-refractivity contribution in [2.75, 3.05) is 12.4 Å². The fraction of sp³-hybridized carbons (Fsp3) is 0.118. The second kappa shape index (κ2) is 5.48. The zero-order chi connectivity index (χ0) is 14.8. The normalized spacial score (nSPS) is 11.0. The van der Waals surface area contributed by atoms with Gasteiger partial charge in [-0.3, -0.25) is 0 Å². The molecule has 3 rings (SSSR count). The Balaban J connectivity index is 2.20. The fourth-order valence-electron chi connectivity index (χ4n) is 2.38. The molecule has 2 nitrogen and oxygen atoms in total. The Morgan fingerprint density at radius 1 is 0.952 bits per heavy atom. The van der Waals surface area contributed by atoms with Crippen molar-refractivity contribution >= 4 is 16.6 Å². The van der Waals surface area contributed by atoms with Crippen LogP contribution in [0.5, 0.6) is 0 Å². The Hall–Kier alpha value is -2.49. The SMILES string of the molecule is CNc1cc(C(F)F)nc2ccc(-c3ccccc3)cc12. The maximum atomic E-state index is 12.9. The second-order valence-corrected chi connectivity index (χ2v) is 4.74. The summed E-state index contributed by atoms with van der Waals surface area (Å²) in [7, 11) is 1.72. The number of hydrogen-bond acceptors (Lipinski definition) is 2. The van der Waals surface area contributed by atoms with Gasteiger partial charge >= 0.3 is 0 Å². The molecule has 21 heavy (non-hydrogen) atoms. The molecule has 0 aliphatic heterocycles. The summed E-state index contributed by atoms with van der Waals surface area (Å²) in [4.78, 5) is 4.03. The topological polar surface area (TPSA) is 24.9 Å². The van der Waals surface area contributed by atoms with E-state index in [1.165, 1.54) is 6.07 Å². The summed E-state index contributed by atoms with van der Waals surface area (Å²) in [5, 5.41) is 3.81. The minimum atomic E-state index is -2.57. The van der Waals surface area contributed by atoms with Crippen LogP contribution < -0.4 is 5.32 Å². The average molecular weight is 284 g/mol. The summed E-state index contributed by atoms with van der Waals surface area (Å²) < 4.78 is 25.7. The van der Waals surface area contributed by atoms with Crippen LogP contribution in [0.4, 0.5) is 14.5 Å². The first-order valence-corrected chi connectivity index (χ1v) is 6.65. The van der Waals surface area contributed by atoms with E-state index in [1.54, 1.807) is 13.1 Å². The van der Waals surface area contributed by atoms with E-state index >= 15 is 0 Å². The highest BCUT2D eigenvalue weighted by Gasteiger charge is 2.13. The van der Waals surface area contributed by atoms with Crippen LogP contribution in [0.2, 0.25) is 0 Å². The molecule has 0 aliphatic rings. The number of aromatic nitrogens is 1. The summed E-state index contributed by atoms with van der Waals surface area (Å²) in [5.74, 6) is 0. The summed E-state index contributed by atoms with van der Waals surface area (Å²) in [6.07, 6.45) is -2.57. The number of hydrogen-bond donors (Lipinski definition) is 1. The van der Waals surface area contributed by atoms with Gasteiger partial charge in [-0.25, -0.2) is 13.8 Å². The van der Waals surface area contributed by atoms with Crippen LogP contribution in [0.25, 0.3) is 22.0 Å². The molecule has 2 aromatic carbocycles. The first-order chi connectivity index (χ1) is 10.2. The van der Waals surface area contributed by atoms with Crippen LogP contribution >= 0.6 is 0 Å². The van der Waals surface area contributed by atoms with Crippen LogP contribution in [-0.4, -0.2) is 12.0 Å². The molecule has 106 valence electrons. The number of anilines is 1. The van der Waals surface area contributed by atoms with Crippen LogP contribution in [-0.2, 0) is 0 Å². The zero-order valence-electron chi connectivity index (χ0n) is 11.5. The summed E-state index contributed by atoms with van der Waals surface area (Å²) >= 11 is 0. The molecule has 1 heterocycles. The predicted octanol–water partition coefficient (Wildman–Crippen LogP) is 4.88. The number of benzene rings is 2. The van der Waals surface area contributed by atoms with Gasteiger partial charge in [-0.15, -0.1) is 0 Å². The molecule has 0 atom stereocenters. The van der Waals surface area contributed by atoms with Crippen molar-refractivity contribution in [3.8, 4) is 11.1 Å². The Bertz CT molecular complexity index is 770. The largest absolute Gasteiger partial charge is 0.388 e. The molecular weight excluding hydrogens is 270 g/mol.